The van der Waals surface area contributed by atoms with E-state index in [0.717, 1.165) is 52.6 Å². The number of aryl methyl sites for hydroxylation is 4. The Hall–Kier alpha value is -5.16. The predicted octanol–water partition coefficient (Wildman–Crippen LogP) is 13.1. The van der Waals surface area contributed by atoms with Gasteiger partial charge in [0, 0.05) is 34.7 Å². The van der Waals surface area contributed by atoms with E-state index in [1.54, 1.807) is 0 Å². The number of nitrogens with zero attached hydrogens (tertiary/aromatic N) is 4. The summed E-state index contributed by atoms with van der Waals surface area (Å²) in [7, 11) is 0. The monoisotopic (exact) mass is 702 g/mol. The number of hydrogen-bond acceptors (Lipinski definition) is 3. The Balaban J connectivity index is 1.36. The van der Waals surface area contributed by atoms with Crippen LogP contribution < -0.4 is 4.74 Å². The summed E-state index contributed by atoms with van der Waals surface area (Å²) < 4.78 is 11.3. The van der Waals surface area contributed by atoms with Crippen LogP contribution in [0.3, 0.4) is 0 Å². The van der Waals surface area contributed by atoms with Crippen LogP contribution in [0.4, 0.5) is 0 Å². The maximum Gasteiger partial charge on any atom is 0.137 e. The average Bonchev–Trinajstić information content (AvgIpc) is 3.60. The lowest BCUT2D eigenvalue weighted by atomic mass is 9.88. The summed E-state index contributed by atoms with van der Waals surface area (Å²) in [5.41, 5.74) is 14.4. The molecule has 0 aliphatic rings. The molecule has 3 aromatic heterocycles. The smallest absolute Gasteiger partial charge is 0.137 e. The van der Waals surface area contributed by atoms with Crippen LogP contribution in [0.2, 0.25) is 0 Å². The van der Waals surface area contributed by atoms with Crippen molar-refractivity contribution in [2.45, 2.75) is 100 Å². The Bertz CT molecular complexity index is 2450. The molecule has 7 rings (SSSR count). The van der Waals surface area contributed by atoms with Crippen LogP contribution in [0.25, 0.3) is 44.4 Å². The van der Waals surface area contributed by atoms with Gasteiger partial charge < -0.3 is 4.74 Å². The Kier molecular flexibility index (Phi) is 9.57. The normalized spacial score (nSPS) is 12.2. The third-order valence-corrected chi connectivity index (χ3v) is 10.6. The molecule has 5 nitrogen and oxygen atoms in total. The number of ether oxygens (including phenoxy) is 1. The number of aromatic nitrogens is 4. The summed E-state index contributed by atoms with van der Waals surface area (Å²) in [5.74, 6) is 3.37. The Labute approximate surface area is 315 Å². The van der Waals surface area contributed by atoms with Crippen molar-refractivity contribution in [2.75, 3.05) is 0 Å². The Morgan fingerprint density at radius 3 is 2.13 bits per heavy atom. The van der Waals surface area contributed by atoms with Gasteiger partial charge in [-0.2, -0.15) is 5.10 Å². The lowest BCUT2D eigenvalue weighted by Gasteiger charge is -2.20. The second-order valence-electron chi connectivity index (χ2n) is 16.7. The molecule has 3 heterocycles. The molecule has 5 heteroatoms. The average molecular weight is 703 g/mol. The first-order valence-corrected chi connectivity index (χ1v) is 19.2. The summed E-state index contributed by atoms with van der Waals surface area (Å²) in [5, 5.41) is 7.64. The first kappa shape index (κ1) is 36.2. The van der Waals surface area contributed by atoms with E-state index in [1.165, 1.54) is 55.4 Å². The number of benzene rings is 4. The van der Waals surface area contributed by atoms with Gasteiger partial charge in [-0.1, -0.05) is 84.4 Å². The molecule has 0 radical (unpaired) electrons. The third kappa shape index (κ3) is 7.02. The highest BCUT2D eigenvalue weighted by molar-refractivity contribution is 6.09. The van der Waals surface area contributed by atoms with E-state index in [4.69, 9.17) is 14.8 Å². The van der Waals surface area contributed by atoms with Crippen molar-refractivity contribution in [3.8, 4) is 34.1 Å². The van der Waals surface area contributed by atoms with Crippen LogP contribution in [-0.2, 0) is 11.8 Å². The zero-order chi connectivity index (χ0) is 37.8. The minimum atomic E-state index is 0.00415. The molecule has 4 aromatic carbocycles. The summed E-state index contributed by atoms with van der Waals surface area (Å²) in [6.45, 7) is 24.6. The van der Waals surface area contributed by atoms with E-state index < -0.39 is 0 Å². The fourth-order valence-electron chi connectivity index (χ4n) is 7.87. The quantitative estimate of drug-likeness (QED) is 0.150. The van der Waals surface area contributed by atoms with Gasteiger partial charge in [-0.25, -0.2) is 9.67 Å². The number of fused-ring (bicyclic) bond motifs is 3. The van der Waals surface area contributed by atoms with Crippen molar-refractivity contribution < 1.29 is 4.74 Å². The van der Waals surface area contributed by atoms with E-state index in [2.05, 4.69) is 170 Å². The van der Waals surface area contributed by atoms with Crippen molar-refractivity contribution in [3.05, 3.63) is 130 Å². The van der Waals surface area contributed by atoms with E-state index in [0.29, 0.717) is 11.8 Å². The minimum Gasteiger partial charge on any atom is -0.457 e. The first-order chi connectivity index (χ1) is 25.2. The fourth-order valence-corrected chi connectivity index (χ4v) is 7.87. The lowest BCUT2D eigenvalue weighted by Crippen LogP contribution is -2.12. The SMILES string of the molecule is Cc1cc(C)c(-c2c(C)nn(-c3cc(Oc4ccc5c6ccccc6n(-c6cc(C(C)(C)C)ccn6)c5c4)cc(C(C)C)c3)c2CCC(C)C)c(C)c1. The number of para-hydroxylation sites is 1. The largest absolute Gasteiger partial charge is 0.457 e. The molecule has 0 spiro atoms. The highest BCUT2D eigenvalue weighted by atomic mass is 16.5. The molecule has 0 amide bonds. The standard InChI is InChI=1S/C48H54N4O/c1-29(2)16-19-43-47(46-32(6)22-31(5)23-33(46)7)34(8)50-52(43)37-24-35(30(3)4)25-39(27-37)53-38-17-18-41-40-14-12-13-15-42(40)51(44(41)28-38)45-26-36(20-21-49-45)48(9,10)11/h12-15,17-18,20-30H,16,19H2,1-11H3. The van der Waals surface area contributed by atoms with Gasteiger partial charge in [0.05, 0.1) is 28.1 Å². The van der Waals surface area contributed by atoms with E-state index >= 15 is 0 Å². The molecule has 0 bridgehead atoms. The highest BCUT2D eigenvalue weighted by Crippen LogP contribution is 2.39. The van der Waals surface area contributed by atoms with Crippen molar-refractivity contribution in [2.24, 2.45) is 5.92 Å². The summed E-state index contributed by atoms with van der Waals surface area (Å²) >= 11 is 0. The van der Waals surface area contributed by atoms with Gasteiger partial charge in [-0.15, -0.1) is 0 Å². The predicted molar refractivity (Wildman–Crippen MR) is 223 cm³/mol. The van der Waals surface area contributed by atoms with Crippen molar-refractivity contribution >= 4 is 21.8 Å². The third-order valence-electron chi connectivity index (χ3n) is 10.6. The topological polar surface area (TPSA) is 44.9 Å². The molecule has 53 heavy (non-hydrogen) atoms. The summed E-state index contributed by atoms with van der Waals surface area (Å²) in [6.07, 6.45) is 3.94. The van der Waals surface area contributed by atoms with Crippen molar-refractivity contribution in [1.82, 2.24) is 19.3 Å². The van der Waals surface area contributed by atoms with Gasteiger partial charge in [-0.05, 0) is 128 Å². The molecule has 7 aromatic rings. The minimum absolute atomic E-state index is 0.00415. The van der Waals surface area contributed by atoms with Gasteiger partial charge >= 0.3 is 0 Å². The van der Waals surface area contributed by atoms with Crippen LogP contribution in [-0.4, -0.2) is 19.3 Å². The molecule has 0 atom stereocenters. The molecule has 0 saturated heterocycles. The van der Waals surface area contributed by atoms with E-state index in [9.17, 15) is 0 Å². The molecule has 0 fully saturated rings. The maximum absolute atomic E-state index is 6.84. The molecule has 0 N–H and O–H groups in total. The van der Waals surface area contributed by atoms with E-state index in [-0.39, 0.29) is 5.41 Å². The number of rotatable bonds is 9. The molecular weight excluding hydrogens is 649 g/mol. The zero-order valence-electron chi connectivity index (χ0n) is 33.4. The maximum atomic E-state index is 6.84. The Morgan fingerprint density at radius 2 is 1.43 bits per heavy atom. The van der Waals surface area contributed by atoms with Gasteiger partial charge in [0.1, 0.15) is 17.3 Å². The molecule has 0 aliphatic heterocycles. The molecular formula is C48H54N4O. The number of pyridine rings is 1. The van der Waals surface area contributed by atoms with Crippen LogP contribution in [0.5, 0.6) is 11.5 Å². The molecule has 0 unspecified atom stereocenters. The fraction of sp³-hybridized carbons (Fsp3) is 0.333. The second-order valence-corrected chi connectivity index (χ2v) is 16.7. The van der Waals surface area contributed by atoms with Crippen LogP contribution >= 0.6 is 0 Å². The zero-order valence-corrected chi connectivity index (χ0v) is 33.4. The van der Waals surface area contributed by atoms with Gasteiger partial charge in [0.2, 0.25) is 0 Å². The summed E-state index contributed by atoms with van der Waals surface area (Å²) in [4.78, 5) is 4.88. The van der Waals surface area contributed by atoms with Crippen LogP contribution in [0.1, 0.15) is 100 Å². The van der Waals surface area contributed by atoms with Gasteiger partial charge in [-0.3, -0.25) is 4.57 Å². The molecule has 0 aliphatic carbocycles. The van der Waals surface area contributed by atoms with E-state index in [1.807, 2.05) is 6.20 Å². The highest BCUT2D eigenvalue weighted by Gasteiger charge is 2.23. The van der Waals surface area contributed by atoms with Crippen molar-refractivity contribution in [3.63, 3.8) is 0 Å². The van der Waals surface area contributed by atoms with Crippen LogP contribution in [0.15, 0.2) is 91.1 Å². The molecule has 272 valence electrons. The van der Waals surface area contributed by atoms with Crippen molar-refractivity contribution in [1.29, 1.82) is 0 Å². The van der Waals surface area contributed by atoms with Gasteiger partial charge in [0.15, 0.2) is 0 Å². The lowest BCUT2D eigenvalue weighted by molar-refractivity contribution is 0.481. The van der Waals surface area contributed by atoms with Gasteiger partial charge in [0.25, 0.3) is 0 Å². The van der Waals surface area contributed by atoms with Crippen LogP contribution in [0, 0.1) is 33.6 Å². The first-order valence-electron chi connectivity index (χ1n) is 19.2. The Morgan fingerprint density at radius 1 is 0.717 bits per heavy atom. The second kappa shape index (κ2) is 14.0. The summed E-state index contributed by atoms with van der Waals surface area (Å²) in [6, 6.07) is 30.6. The number of hydrogen-bond donors (Lipinski definition) is 0. The molecule has 0 saturated carbocycles.